The van der Waals surface area contributed by atoms with Gasteiger partial charge < -0.3 is 10.00 Å². The Morgan fingerprint density at radius 1 is 1.25 bits per heavy atom. The zero-order valence-corrected chi connectivity index (χ0v) is 9.86. The van der Waals surface area contributed by atoms with Crippen LogP contribution in [-0.2, 0) is 15.5 Å². The van der Waals surface area contributed by atoms with E-state index in [1.165, 1.54) is 0 Å². The first-order valence-corrected chi connectivity index (χ1v) is 6.34. The number of para-hydroxylation sites is 1. The van der Waals surface area contributed by atoms with Gasteiger partial charge in [-0.25, -0.2) is 0 Å². The third-order valence-electron chi connectivity index (χ3n) is 2.28. The summed E-state index contributed by atoms with van der Waals surface area (Å²) in [6, 6.07) is 7.23. The molecule has 0 saturated heterocycles. The van der Waals surface area contributed by atoms with Crippen molar-refractivity contribution in [1.29, 1.82) is 0 Å². The normalized spacial score (nSPS) is 11.4. The van der Waals surface area contributed by atoms with Crippen molar-refractivity contribution in [3.05, 3.63) is 29.8 Å². The minimum absolute atomic E-state index is 0.249. The maximum Gasteiger partial charge on any atom is 0.488 e. The molecule has 5 heteroatoms. The van der Waals surface area contributed by atoms with E-state index in [9.17, 15) is 14.6 Å². The van der Waals surface area contributed by atoms with Crippen molar-refractivity contribution in [1.82, 2.24) is 0 Å². The molecule has 0 fully saturated rings. The van der Waals surface area contributed by atoms with Crippen LogP contribution in [0.2, 0.25) is 0 Å². The Kier molecular flexibility index (Phi) is 6.01. The number of aryl methyl sites for hydroxylation is 1. The third kappa shape index (κ3) is 5.21. The lowest BCUT2D eigenvalue weighted by molar-refractivity contribution is -0.185. The van der Waals surface area contributed by atoms with Gasteiger partial charge in [-0.15, -0.1) is 4.52 Å². The lowest BCUT2D eigenvalue weighted by Crippen LogP contribution is -1.94. The molecule has 0 bridgehead atoms. The Hall–Kier alpha value is -0.960. The van der Waals surface area contributed by atoms with Crippen molar-refractivity contribution in [2.45, 2.75) is 25.7 Å². The van der Waals surface area contributed by atoms with Crippen LogP contribution in [0.5, 0.6) is 5.75 Å². The second kappa shape index (κ2) is 7.34. The first-order valence-electron chi connectivity index (χ1n) is 5.24. The summed E-state index contributed by atoms with van der Waals surface area (Å²) in [5, 5.41) is 9.48. The summed E-state index contributed by atoms with van der Waals surface area (Å²) in [6.45, 7) is 0.249. The maximum absolute atomic E-state index is 10.1. The van der Waals surface area contributed by atoms with Crippen LogP contribution in [0.4, 0.5) is 0 Å². The molecule has 0 radical (unpaired) electrons. The van der Waals surface area contributed by atoms with Gasteiger partial charge >= 0.3 is 8.25 Å². The van der Waals surface area contributed by atoms with E-state index in [0.717, 1.165) is 31.2 Å². The molecule has 1 unspecified atom stereocenters. The summed E-state index contributed by atoms with van der Waals surface area (Å²) >= 11 is 0. The average Bonchev–Trinajstić information content (AvgIpc) is 2.25. The van der Waals surface area contributed by atoms with Gasteiger partial charge in [-0.1, -0.05) is 24.6 Å². The molecule has 0 aliphatic rings. The van der Waals surface area contributed by atoms with E-state index in [0.29, 0.717) is 5.75 Å². The van der Waals surface area contributed by atoms with E-state index >= 15 is 0 Å². The van der Waals surface area contributed by atoms with Crippen molar-refractivity contribution >= 4 is 8.25 Å². The summed E-state index contributed by atoms with van der Waals surface area (Å²) in [4.78, 5) is 10.1. The third-order valence-corrected chi connectivity index (χ3v) is 2.67. The molecule has 16 heavy (non-hydrogen) atoms. The van der Waals surface area contributed by atoms with E-state index in [-0.39, 0.29) is 6.61 Å². The number of unbranched alkanes of at least 4 members (excludes halogenated alkanes) is 2. The lowest BCUT2D eigenvalue weighted by Gasteiger charge is -2.03. The van der Waals surface area contributed by atoms with Crippen molar-refractivity contribution in [3.63, 3.8) is 0 Å². The van der Waals surface area contributed by atoms with Crippen molar-refractivity contribution in [3.8, 4) is 5.75 Å². The highest BCUT2D eigenvalue weighted by Crippen LogP contribution is 2.18. The molecule has 0 amide bonds. The molecule has 0 aliphatic carbocycles. The van der Waals surface area contributed by atoms with Crippen LogP contribution in [0.15, 0.2) is 24.3 Å². The molecule has 0 saturated carbocycles. The molecular weight excluding hydrogens is 227 g/mol. The van der Waals surface area contributed by atoms with Crippen LogP contribution in [0.3, 0.4) is 0 Å². The monoisotopic (exact) mass is 242 g/mol. The quantitative estimate of drug-likeness (QED) is 0.587. The van der Waals surface area contributed by atoms with Crippen LogP contribution in [0.25, 0.3) is 0 Å². The predicted molar refractivity (Wildman–Crippen MR) is 59.2 cm³/mol. The number of aromatic hydroxyl groups is 1. The van der Waals surface area contributed by atoms with Gasteiger partial charge in [-0.05, 0) is 35.5 Å². The number of hydrogen-bond donors (Lipinski definition) is 1. The van der Waals surface area contributed by atoms with Gasteiger partial charge in [0.05, 0.1) is 0 Å². The van der Waals surface area contributed by atoms with Gasteiger partial charge in [-0.3, -0.25) is 0 Å². The van der Waals surface area contributed by atoms with E-state index in [1.807, 2.05) is 12.1 Å². The lowest BCUT2D eigenvalue weighted by atomic mass is 10.1. The number of hydrogen-bond acceptors (Lipinski definition) is 4. The fourth-order valence-corrected chi connectivity index (χ4v) is 1.73. The first-order chi connectivity index (χ1) is 7.70. The maximum atomic E-state index is 10.1. The largest absolute Gasteiger partial charge is 0.566 e. The Labute approximate surface area is 95.8 Å². The van der Waals surface area contributed by atoms with Crippen molar-refractivity contribution < 1.29 is 19.1 Å². The highest BCUT2D eigenvalue weighted by Gasteiger charge is 2.01. The van der Waals surface area contributed by atoms with Crippen LogP contribution >= 0.6 is 8.25 Å². The molecule has 0 aromatic heterocycles. The molecule has 0 spiro atoms. The van der Waals surface area contributed by atoms with E-state index in [2.05, 4.69) is 4.52 Å². The summed E-state index contributed by atoms with van der Waals surface area (Å²) in [7, 11) is -2.71. The van der Waals surface area contributed by atoms with E-state index in [4.69, 9.17) is 0 Å². The van der Waals surface area contributed by atoms with Gasteiger partial charge in [-0.2, -0.15) is 0 Å². The SMILES string of the molecule is O=[P+]([O-])OCCCCCc1ccccc1O. The smallest absolute Gasteiger partial charge is 0.488 e. The Balaban J connectivity index is 2.12. The Morgan fingerprint density at radius 2 is 2.00 bits per heavy atom. The number of phenolic OH excluding ortho intramolecular Hbond substituents is 1. The van der Waals surface area contributed by atoms with Crippen LogP contribution in [-0.4, -0.2) is 11.7 Å². The second-order valence-corrected chi connectivity index (χ2v) is 4.20. The fourth-order valence-electron chi connectivity index (χ4n) is 1.46. The minimum Gasteiger partial charge on any atom is -0.566 e. The molecule has 1 N–H and O–H groups in total. The summed E-state index contributed by atoms with van der Waals surface area (Å²) in [5.74, 6) is 0.321. The van der Waals surface area contributed by atoms with E-state index in [1.54, 1.807) is 12.1 Å². The molecule has 4 nitrogen and oxygen atoms in total. The van der Waals surface area contributed by atoms with Crippen LogP contribution in [0.1, 0.15) is 24.8 Å². The van der Waals surface area contributed by atoms with Crippen LogP contribution < -0.4 is 4.89 Å². The van der Waals surface area contributed by atoms with Gasteiger partial charge in [0.25, 0.3) is 0 Å². The Bertz CT molecular complexity index is 341. The molecule has 1 atom stereocenters. The topological polar surface area (TPSA) is 69.6 Å². The first kappa shape index (κ1) is 13.1. The molecule has 88 valence electrons. The van der Waals surface area contributed by atoms with Gasteiger partial charge in [0.2, 0.25) is 0 Å². The highest BCUT2D eigenvalue weighted by molar-refractivity contribution is 7.30. The van der Waals surface area contributed by atoms with Gasteiger partial charge in [0.15, 0.2) is 0 Å². The average molecular weight is 242 g/mol. The zero-order chi connectivity index (χ0) is 11.8. The summed E-state index contributed by atoms with van der Waals surface area (Å²) in [6.07, 6.45) is 3.32. The molecule has 0 heterocycles. The molecule has 1 aromatic carbocycles. The highest BCUT2D eigenvalue weighted by atomic mass is 31.1. The predicted octanol–water partition coefficient (Wildman–Crippen LogP) is 2.14. The minimum atomic E-state index is -2.71. The fraction of sp³-hybridized carbons (Fsp3) is 0.455. The number of benzene rings is 1. The van der Waals surface area contributed by atoms with E-state index < -0.39 is 8.25 Å². The number of rotatable bonds is 7. The summed E-state index contributed by atoms with van der Waals surface area (Å²) < 4.78 is 14.5. The standard InChI is InChI=1S/C11H15O4P/c12-11-8-4-3-7-10(11)6-2-1-5-9-15-16(13)14/h3-4,7-8,12H,1-2,5-6,9H2. The van der Waals surface area contributed by atoms with Gasteiger partial charge in [0, 0.05) is 0 Å². The Morgan fingerprint density at radius 3 is 2.69 bits per heavy atom. The molecule has 0 aliphatic heterocycles. The zero-order valence-electron chi connectivity index (χ0n) is 8.96. The van der Waals surface area contributed by atoms with Crippen molar-refractivity contribution in [2.75, 3.05) is 6.61 Å². The van der Waals surface area contributed by atoms with Gasteiger partial charge in [0.1, 0.15) is 12.4 Å². The number of phenols is 1. The van der Waals surface area contributed by atoms with Crippen LogP contribution in [0, 0.1) is 0 Å². The summed E-state index contributed by atoms with van der Waals surface area (Å²) in [5.41, 5.74) is 0.929. The second-order valence-electron chi connectivity index (χ2n) is 3.50. The van der Waals surface area contributed by atoms with Crippen molar-refractivity contribution in [2.24, 2.45) is 0 Å². The molecule has 1 rings (SSSR count). The molecular formula is C11H15O4P. The molecule has 1 aromatic rings.